The first-order chi connectivity index (χ1) is 7.12. The Morgan fingerprint density at radius 2 is 1.19 bits per heavy atom. The second kappa shape index (κ2) is 9.33. The average Bonchev–Trinajstić information content (AvgIpc) is 2.01. The highest BCUT2D eigenvalue weighted by Crippen LogP contribution is 2.21. The van der Waals surface area contributed by atoms with Crippen LogP contribution in [0.15, 0.2) is 0 Å². The lowest BCUT2D eigenvalue weighted by molar-refractivity contribution is 0.364. The molecule has 0 amide bonds. The molecule has 0 atom stereocenters. The molecule has 0 aliphatic rings. The fraction of sp³-hybridized carbons (Fsp3) is 1.00. The molecule has 0 aliphatic carbocycles. The predicted molar refractivity (Wildman–Crippen MR) is 78.4 cm³/mol. The standard InChI is InChI=1S/C8H17Cl.C7H16/c1-8(2,3)6-4-5-7-9;1-5-6-7(2,3)4/h4-7H2,1-3H3;5-6H2,1-4H3. The maximum atomic E-state index is 5.53. The van der Waals surface area contributed by atoms with E-state index in [4.69, 9.17) is 11.6 Å². The molecule has 0 unspecified atom stereocenters. The van der Waals surface area contributed by atoms with Crippen molar-refractivity contribution in [3.63, 3.8) is 0 Å². The van der Waals surface area contributed by atoms with Gasteiger partial charge in [0.25, 0.3) is 0 Å². The molecule has 0 saturated carbocycles. The Morgan fingerprint density at radius 1 is 0.750 bits per heavy atom. The largest absolute Gasteiger partial charge is 0.127 e. The van der Waals surface area contributed by atoms with E-state index in [1.54, 1.807) is 0 Å². The summed E-state index contributed by atoms with van der Waals surface area (Å²) in [5.74, 6) is 0.816. The first-order valence-electron chi connectivity index (χ1n) is 6.68. The van der Waals surface area contributed by atoms with Crippen LogP contribution in [0.3, 0.4) is 0 Å². The van der Waals surface area contributed by atoms with Crippen LogP contribution < -0.4 is 0 Å². The van der Waals surface area contributed by atoms with E-state index in [0.29, 0.717) is 10.8 Å². The zero-order valence-electron chi connectivity index (χ0n) is 12.6. The van der Waals surface area contributed by atoms with Crippen molar-refractivity contribution in [2.75, 3.05) is 5.88 Å². The minimum atomic E-state index is 0.492. The van der Waals surface area contributed by atoms with Gasteiger partial charge in [0.1, 0.15) is 0 Å². The summed E-state index contributed by atoms with van der Waals surface area (Å²) >= 11 is 5.53. The van der Waals surface area contributed by atoms with Gasteiger partial charge in [0, 0.05) is 5.88 Å². The minimum Gasteiger partial charge on any atom is -0.127 e. The number of hydrogen-bond donors (Lipinski definition) is 0. The highest BCUT2D eigenvalue weighted by Gasteiger charge is 2.08. The highest BCUT2D eigenvalue weighted by atomic mass is 35.5. The predicted octanol–water partition coefficient (Wildman–Crippen LogP) is 6.27. The van der Waals surface area contributed by atoms with Gasteiger partial charge < -0.3 is 0 Å². The zero-order chi connectivity index (χ0) is 13.2. The lowest BCUT2D eigenvalue weighted by atomic mass is 9.90. The lowest BCUT2D eigenvalue weighted by Gasteiger charge is -2.16. The van der Waals surface area contributed by atoms with E-state index in [-0.39, 0.29) is 0 Å². The van der Waals surface area contributed by atoms with Gasteiger partial charge in [0.05, 0.1) is 0 Å². The van der Waals surface area contributed by atoms with E-state index in [0.717, 1.165) is 5.88 Å². The molecule has 16 heavy (non-hydrogen) atoms. The first-order valence-corrected chi connectivity index (χ1v) is 7.22. The molecule has 0 saturated heterocycles. The zero-order valence-corrected chi connectivity index (χ0v) is 13.4. The van der Waals surface area contributed by atoms with Crippen LogP contribution in [0.5, 0.6) is 0 Å². The van der Waals surface area contributed by atoms with Crippen LogP contribution in [0.2, 0.25) is 0 Å². The summed E-state index contributed by atoms with van der Waals surface area (Å²) in [5.41, 5.74) is 1.04. The van der Waals surface area contributed by atoms with Crippen LogP contribution in [0.4, 0.5) is 0 Å². The van der Waals surface area contributed by atoms with E-state index in [2.05, 4.69) is 48.5 Å². The van der Waals surface area contributed by atoms with Crippen LogP contribution in [0, 0.1) is 10.8 Å². The molecular formula is C15H33Cl. The third-order valence-electron chi connectivity index (χ3n) is 2.31. The van der Waals surface area contributed by atoms with Crippen LogP contribution in [-0.4, -0.2) is 5.88 Å². The van der Waals surface area contributed by atoms with E-state index in [9.17, 15) is 0 Å². The molecule has 0 rings (SSSR count). The summed E-state index contributed by atoms with van der Waals surface area (Å²) in [6.45, 7) is 15.8. The third-order valence-corrected chi connectivity index (χ3v) is 2.58. The SMILES string of the molecule is CC(C)(C)CCCCCl.CCCC(C)(C)C. The lowest BCUT2D eigenvalue weighted by Crippen LogP contribution is -2.03. The minimum absolute atomic E-state index is 0.492. The molecule has 0 aromatic carbocycles. The molecule has 0 spiro atoms. The Kier molecular flexibility index (Phi) is 10.9. The van der Waals surface area contributed by atoms with Gasteiger partial charge in [0.15, 0.2) is 0 Å². The van der Waals surface area contributed by atoms with Gasteiger partial charge in [-0.3, -0.25) is 0 Å². The molecule has 0 aromatic rings. The summed E-state index contributed by atoms with van der Waals surface area (Å²) in [6.07, 6.45) is 6.38. The average molecular weight is 249 g/mol. The van der Waals surface area contributed by atoms with Gasteiger partial charge in [0.2, 0.25) is 0 Å². The second-order valence-corrected chi connectivity index (χ2v) is 7.40. The molecular weight excluding hydrogens is 216 g/mol. The van der Waals surface area contributed by atoms with Crippen LogP contribution in [-0.2, 0) is 0 Å². The van der Waals surface area contributed by atoms with Gasteiger partial charge in [-0.1, -0.05) is 61.3 Å². The van der Waals surface area contributed by atoms with E-state index in [1.165, 1.54) is 32.1 Å². The van der Waals surface area contributed by atoms with E-state index < -0.39 is 0 Å². The molecule has 0 radical (unpaired) electrons. The van der Waals surface area contributed by atoms with Crippen LogP contribution in [0.25, 0.3) is 0 Å². The molecule has 0 N–H and O–H groups in total. The molecule has 100 valence electrons. The molecule has 0 aliphatic heterocycles. The summed E-state index contributed by atoms with van der Waals surface area (Å²) in [4.78, 5) is 0. The maximum Gasteiger partial charge on any atom is 0.0223 e. The normalized spacial score (nSPS) is 12.0. The molecule has 0 nitrogen and oxygen atoms in total. The summed E-state index contributed by atoms with van der Waals surface area (Å²) < 4.78 is 0. The molecule has 0 fully saturated rings. The highest BCUT2D eigenvalue weighted by molar-refractivity contribution is 6.17. The molecule has 1 heteroatoms. The number of halogens is 1. The van der Waals surface area contributed by atoms with Crippen molar-refractivity contribution in [2.45, 2.75) is 80.6 Å². The summed E-state index contributed by atoms with van der Waals surface area (Å²) in [5, 5.41) is 0. The fourth-order valence-electron chi connectivity index (χ4n) is 1.50. The van der Waals surface area contributed by atoms with Gasteiger partial charge in [-0.25, -0.2) is 0 Å². The molecule has 0 aromatic heterocycles. The van der Waals surface area contributed by atoms with Gasteiger partial charge in [-0.05, 0) is 30.1 Å². The van der Waals surface area contributed by atoms with E-state index >= 15 is 0 Å². The van der Waals surface area contributed by atoms with E-state index in [1.807, 2.05) is 0 Å². The maximum absolute atomic E-state index is 5.53. The van der Waals surface area contributed by atoms with Gasteiger partial charge >= 0.3 is 0 Å². The third kappa shape index (κ3) is 23.8. The summed E-state index contributed by atoms with van der Waals surface area (Å²) in [7, 11) is 0. The number of hydrogen-bond acceptors (Lipinski definition) is 0. The Hall–Kier alpha value is 0.290. The second-order valence-electron chi connectivity index (χ2n) is 7.02. The first kappa shape index (κ1) is 18.6. The Labute approximate surface area is 109 Å². The summed E-state index contributed by atoms with van der Waals surface area (Å²) in [6, 6.07) is 0. The van der Waals surface area contributed by atoms with Crippen LogP contribution >= 0.6 is 11.6 Å². The molecule has 0 heterocycles. The Morgan fingerprint density at radius 3 is 1.38 bits per heavy atom. The monoisotopic (exact) mass is 248 g/mol. The van der Waals surface area contributed by atoms with Crippen molar-refractivity contribution in [1.29, 1.82) is 0 Å². The Balaban J connectivity index is 0. The van der Waals surface area contributed by atoms with Crippen molar-refractivity contribution in [2.24, 2.45) is 10.8 Å². The molecule has 0 bridgehead atoms. The van der Waals surface area contributed by atoms with Crippen molar-refractivity contribution in [3.8, 4) is 0 Å². The Bertz CT molecular complexity index is 136. The van der Waals surface area contributed by atoms with Gasteiger partial charge in [-0.2, -0.15) is 0 Å². The fourth-order valence-corrected chi connectivity index (χ4v) is 1.69. The topological polar surface area (TPSA) is 0 Å². The van der Waals surface area contributed by atoms with Crippen molar-refractivity contribution in [3.05, 3.63) is 0 Å². The van der Waals surface area contributed by atoms with Gasteiger partial charge in [-0.15, -0.1) is 11.6 Å². The van der Waals surface area contributed by atoms with Crippen molar-refractivity contribution in [1.82, 2.24) is 0 Å². The smallest absolute Gasteiger partial charge is 0.0223 e. The van der Waals surface area contributed by atoms with Crippen LogP contribution in [0.1, 0.15) is 80.6 Å². The van der Waals surface area contributed by atoms with Crippen molar-refractivity contribution >= 4 is 11.6 Å². The quantitative estimate of drug-likeness (QED) is 0.406. The number of unbranched alkanes of at least 4 members (excludes halogenated alkanes) is 1. The van der Waals surface area contributed by atoms with Crippen molar-refractivity contribution < 1.29 is 0 Å². The number of alkyl halides is 1. The number of rotatable bonds is 4.